The Morgan fingerprint density at radius 1 is 1.00 bits per heavy atom. The van der Waals surface area contributed by atoms with Gasteiger partial charge in [0.15, 0.2) is 0 Å². The molecule has 2 aromatic rings. The van der Waals surface area contributed by atoms with Crippen molar-refractivity contribution in [2.45, 2.75) is 31.4 Å². The van der Waals surface area contributed by atoms with Gasteiger partial charge in [0.1, 0.15) is 6.23 Å². The van der Waals surface area contributed by atoms with E-state index in [1.807, 2.05) is 36.4 Å². The van der Waals surface area contributed by atoms with Crippen LogP contribution in [0.4, 0.5) is 0 Å². The summed E-state index contributed by atoms with van der Waals surface area (Å²) in [6.07, 6.45) is 0.617. The van der Waals surface area contributed by atoms with Gasteiger partial charge in [-0.05, 0) is 24.0 Å². The van der Waals surface area contributed by atoms with Gasteiger partial charge >= 0.3 is 0 Å². The second kappa shape index (κ2) is 6.00. The fourth-order valence-corrected chi connectivity index (χ4v) is 2.64. The lowest BCUT2D eigenvalue weighted by Gasteiger charge is -2.31. The quantitative estimate of drug-likeness (QED) is 0.807. The van der Waals surface area contributed by atoms with Gasteiger partial charge in [-0.3, -0.25) is 0 Å². The highest BCUT2D eigenvalue weighted by Gasteiger charge is 2.28. The molecule has 0 aliphatic heterocycles. The molecule has 0 fully saturated rings. The number of nitrogens with two attached hydrogens (primary N) is 1. The van der Waals surface area contributed by atoms with Crippen LogP contribution >= 0.6 is 0 Å². The summed E-state index contributed by atoms with van der Waals surface area (Å²) >= 11 is 0. The van der Waals surface area contributed by atoms with E-state index in [9.17, 15) is 5.11 Å². The zero-order chi connectivity index (χ0) is 13.7. The Labute approximate surface area is 114 Å². The minimum absolute atomic E-state index is 0.156. The van der Waals surface area contributed by atoms with Crippen LogP contribution < -0.4 is 5.73 Å². The summed E-state index contributed by atoms with van der Waals surface area (Å²) in [5.74, 6) is 0. The monoisotopic (exact) mass is 255 g/mol. The maximum atomic E-state index is 9.61. The third kappa shape index (κ3) is 3.66. The highest BCUT2D eigenvalue weighted by atomic mass is 16.3. The van der Waals surface area contributed by atoms with Crippen LogP contribution in [0.15, 0.2) is 60.7 Å². The van der Waals surface area contributed by atoms with E-state index in [2.05, 4.69) is 31.2 Å². The Morgan fingerprint density at radius 2 is 1.53 bits per heavy atom. The maximum Gasteiger partial charge on any atom is 0.103 e. The van der Waals surface area contributed by atoms with E-state index < -0.39 is 6.23 Å². The lowest BCUT2D eigenvalue weighted by molar-refractivity contribution is 0.140. The Morgan fingerprint density at radius 3 is 2.05 bits per heavy atom. The highest BCUT2D eigenvalue weighted by molar-refractivity contribution is 5.29. The van der Waals surface area contributed by atoms with Gasteiger partial charge in [0.25, 0.3) is 0 Å². The van der Waals surface area contributed by atoms with E-state index in [0.717, 1.165) is 6.42 Å². The van der Waals surface area contributed by atoms with Gasteiger partial charge in [0.2, 0.25) is 0 Å². The van der Waals surface area contributed by atoms with Crippen molar-refractivity contribution in [3.8, 4) is 0 Å². The van der Waals surface area contributed by atoms with Crippen LogP contribution in [0.3, 0.4) is 0 Å². The van der Waals surface area contributed by atoms with Crippen molar-refractivity contribution < 1.29 is 5.11 Å². The minimum Gasteiger partial charge on any atom is -0.379 e. The van der Waals surface area contributed by atoms with Crippen molar-refractivity contribution in [1.29, 1.82) is 0 Å². The lowest BCUT2D eigenvalue weighted by Crippen LogP contribution is -2.34. The summed E-state index contributed by atoms with van der Waals surface area (Å²) in [4.78, 5) is 0. The van der Waals surface area contributed by atoms with Gasteiger partial charge in [0, 0.05) is 5.41 Å². The Hall–Kier alpha value is -1.64. The summed E-state index contributed by atoms with van der Waals surface area (Å²) in [5, 5.41) is 9.61. The SMILES string of the molecule is CC(Cc1ccccc1)(C[C@H](N)O)c1ccccc1. The van der Waals surface area contributed by atoms with Crippen molar-refractivity contribution in [2.75, 3.05) is 0 Å². The number of rotatable bonds is 5. The molecule has 100 valence electrons. The van der Waals surface area contributed by atoms with Crippen LogP contribution in [0, 0.1) is 0 Å². The molecule has 0 saturated carbocycles. The first kappa shape index (κ1) is 13.8. The second-order valence-electron chi connectivity index (χ2n) is 5.36. The van der Waals surface area contributed by atoms with Crippen LogP contribution in [0.2, 0.25) is 0 Å². The number of hydrogen-bond acceptors (Lipinski definition) is 2. The summed E-state index contributed by atoms with van der Waals surface area (Å²) in [6.45, 7) is 2.16. The fourth-order valence-electron chi connectivity index (χ4n) is 2.64. The van der Waals surface area contributed by atoms with Crippen molar-refractivity contribution in [2.24, 2.45) is 5.73 Å². The molecule has 0 heterocycles. The van der Waals surface area contributed by atoms with Gasteiger partial charge < -0.3 is 10.8 Å². The highest BCUT2D eigenvalue weighted by Crippen LogP contribution is 2.32. The smallest absolute Gasteiger partial charge is 0.103 e. The molecule has 3 N–H and O–H groups in total. The zero-order valence-electron chi connectivity index (χ0n) is 11.3. The second-order valence-corrected chi connectivity index (χ2v) is 5.36. The van der Waals surface area contributed by atoms with E-state index in [1.54, 1.807) is 0 Å². The van der Waals surface area contributed by atoms with Gasteiger partial charge in [0.05, 0.1) is 0 Å². The summed E-state index contributed by atoms with van der Waals surface area (Å²) in [7, 11) is 0. The molecule has 2 nitrogen and oxygen atoms in total. The summed E-state index contributed by atoms with van der Waals surface area (Å²) in [6, 6.07) is 20.6. The molecule has 0 aromatic heterocycles. The first-order valence-electron chi connectivity index (χ1n) is 6.63. The van der Waals surface area contributed by atoms with Crippen molar-refractivity contribution >= 4 is 0 Å². The Bertz CT molecular complexity index is 495. The van der Waals surface area contributed by atoms with Crippen molar-refractivity contribution in [3.05, 3.63) is 71.8 Å². The van der Waals surface area contributed by atoms with Crippen LogP contribution in [-0.4, -0.2) is 11.3 Å². The molecule has 0 aliphatic carbocycles. The predicted molar refractivity (Wildman–Crippen MR) is 78.8 cm³/mol. The van der Waals surface area contributed by atoms with Crippen molar-refractivity contribution in [1.82, 2.24) is 0 Å². The van der Waals surface area contributed by atoms with Crippen molar-refractivity contribution in [3.63, 3.8) is 0 Å². The number of hydrogen-bond donors (Lipinski definition) is 2. The molecule has 0 radical (unpaired) electrons. The molecular weight excluding hydrogens is 234 g/mol. The maximum absolute atomic E-state index is 9.61. The van der Waals surface area contributed by atoms with E-state index in [-0.39, 0.29) is 5.41 Å². The van der Waals surface area contributed by atoms with E-state index in [4.69, 9.17) is 5.73 Å². The van der Waals surface area contributed by atoms with E-state index in [1.165, 1.54) is 11.1 Å². The molecule has 0 spiro atoms. The molecule has 2 rings (SSSR count). The summed E-state index contributed by atoms with van der Waals surface area (Å²) < 4.78 is 0. The molecule has 2 heteroatoms. The predicted octanol–water partition coefficient (Wildman–Crippen LogP) is 2.85. The van der Waals surface area contributed by atoms with Gasteiger partial charge in [-0.2, -0.15) is 0 Å². The normalized spacial score (nSPS) is 15.7. The largest absolute Gasteiger partial charge is 0.379 e. The molecule has 0 bridgehead atoms. The molecule has 2 aromatic carbocycles. The first-order valence-corrected chi connectivity index (χ1v) is 6.63. The molecule has 1 unspecified atom stereocenters. The first-order chi connectivity index (χ1) is 9.10. The van der Waals surface area contributed by atoms with Gasteiger partial charge in [-0.25, -0.2) is 0 Å². The third-order valence-corrected chi connectivity index (χ3v) is 3.57. The summed E-state index contributed by atoms with van der Waals surface area (Å²) in [5.41, 5.74) is 7.94. The topological polar surface area (TPSA) is 46.2 Å². The van der Waals surface area contributed by atoms with Gasteiger partial charge in [-0.1, -0.05) is 67.6 Å². The average Bonchev–Trinajstić information content (AvgIpc) is 2.40. The fraction of sp³-hybridized carbons (Fsp3) is 0.294. The zero-order valence-corrected chi connectivity index (χ0v) is 11.3. The molecule has 19 heavy (non-hydrogen) atoms. The molecule has 2 atom stereocenters. The Balaban J connectivity index is 2.30. The minimum atomic E-state index is -0.797. The number of aliphatic hydroxyl groups is 1. The molecule has 0 saturated heterocycles. The van der Waals surface area contributed by atoms with E-state index in [0.29, 0.717) is 6.42 Å². The average molecular weight is 255 g/mol. The standard InChI is InChI=1S/C17H21NO/c1-17(13-16(18)19,15-10-6-3-7-11-15)12-14-8-4-2-5-9-14/h2-11,16,19H,12-13,18H2,1H3/t16-,17?/m1/s1. The number of aliphatic hydroxyl groups excluding tert-OH is 1. The molecule has 0 aliphatic rings. The molecule has 0 amide bonds. The molecular formula is C17H21NO. The Kier molecular flexibility index (Phi) is 4.35. The lowest BCUT2D eigenvalue weighted by atomic mass is 9.74. The number of benzene rings is 2. The van der Waals surface area contributed by atoms with Crippen LogP contribution in [0.25, 0.3) is 0 Å². The van der Waals surface area contributed by atoms with Gasteiger partial charge in [-0.15, -0.1) is 0 Å². The third-order valence-electron chi connectivity index (χ3n) is 3.57. The van der Waals surface area contributed by atoms with Crippen LogP contribution in [0.1, 0.15) is 24.5 Å². The van der Waals surface area contributed by atoms with E-state index >= 15 is 0 Å². The van der Waals surface area contributed by atoms with Crippen LogP contribution in [-0.2, 0) is 11.8 Å². The van der Waals surface area contributed by atoms with Crippen LogP contribution in [0.5, 0.6) is 0 Å².